The lowest BCUT2D eigenvalue weighted by atomic mass is 9.80. The first-order valence-electron chi connectivity index (χ1n) is 13.5. The molecule has 0 saturated carbocycles. The Morgan fingerprint density at radius 3 is 2.31 bits per heavy atom. The van der Waals surface area contributed by atoms with Gasteiger partial charge >= 0.3 is 0 Å². The van der Waals surface area contributed by atoms with E-state index >= 15 is 0 Å². The molecule has 0 bridgehead atoms. The number of fused-ring (bicyclic) bond motifs is 3. The van der Waals surface area contributed by atoms with E-state index < -0.39 is 17.8 Å². The molecule has 5 aromatic carbocycles. The van der Waals surface area contributed by atoms with E-state index in [9.17, 15) is 29.7 Å². The van der Waals surface area contributed by atoms with Gasteiger partial charge in [-0.25, -0.2) is 0 Å². The van der Waals surface area contributed by atoms with Gasteiger partial charge in [-0.2, -0.15) is 0 Å². The predicted octanol–water partition coefficient (Wildman–Crippen LogP) is 4.04. The molecule has 7 rings (SSSR count). The zero-order chi connectivity index (χ0) is 29.8. The van der Waals surface area contributed by atoms with Crippen molar-refractivity contribution in [3.05, 3.63) is 54.3 Å². The van der Waals surface area contributed by atoms with E-state index in [4.69, 9.17) is 9.47 Å². The molecule has 5 aromatic rings. The summed E-state index contributed by atoms with van der Waals surface area (Å²) in [5.41, 5.74) is 2.38. The Hall–Kier alpha value is -4.12. The number of anilines is 1. The summed E-state index contributed by atoms with van der Waals surface area (Å²) in [6, 6.07) is 1.28. The Bertz CT molecular complexity index is 2200. The first-order chi connectivity index (χ1) is 20.2. The molecule has 0 unspecified atom stereocenters. The van der Waals surface area contributed by atoms with Crippen molar-refractivity contribution in [1.29, 1.82) is 0 Å². The number of ketones is 1. The summed E-state index contributed by atoms with van der Waals surface area (Å²) in [4.78, 5) is 42.1. The number of benzene rings is 5. The van der Waals surface area contributed by atoms with Gasteiger partial charge in [0.15, 0.2) is 28.5 Å². The van der Waals surface area contributed by atoms with Crippen LogP contribution in [0.5, 0.6) is 17.2 Å². The van der Waals surface area contributed by atoms with E-state index in [-0.39, 0.29) is 46.7 Å². The molecule has 4 N–H and O–H groups in total. The predicted molar refractivity (Wildman–Crippen MR) is 164 cm³/mol. The fourth-order valence-corrected chi connectivity index (χ4v) is 8.39. The molecular formula is C32H27NO8S. The molecule has 9 nitrogen and oxygen atoms in total. The summed E-state index contributed by atoms with van der Waals surface area (Å²) in [6.45, 7) is 2.94. The number of aliphatic hydroxyl groups is 2. The highest BCUT2D eigenvalue weighted by Gasteiger charge is 2.36. The lowest BCUT2D eigenvalue weighted by Crippen LogP contribution is -2.19. The van der Waals surface area contributed by atoms with Crippen LogP contribution in [0.4, 0.5) is 5.69 Å². The van der Waals surface area contributed by atoms with Crippen LogP contribution >= 0.6 is 11.8 Å². The second-order valence-electron chi connectivity index (χ2n) is 10.8. The summed E-state index contributed by atoms with van der Waals surface area (Å²) < 4.78 is 11.5. The van der Waals surface area contributed by atoms with Gasteiger partial charge in [-0.3, -0.25) is 14.4 Å². The first kappa shape index (κ1) is 26.8. The number of Topliss-reactive ketones (excluding diaryl/α,β-unsaturated/α-hetero) is 1. The lowest BCUT2D eigenvalue weighted by Gasteiger charge is -2.28. The van der Waals surface area contributed by atoms with Crippen molar-refractivity contribution in [2.75, 3.05) is 31.8 Å². The number of allylic oxidation sites excluding steroid dienone is 2. The number of phenolic OH excluding ortho intramolecular Hbond substituents is 1. The molecular weight excluding hydrogens is 558 g/mol. The number of aromatic hydroxyl groups is 1. The molecule has 0 saturated heterocycles. The van der Waals surface area contributed by atoms with Gasteiger partial charge in [-0.1, -0.05) is 5.57 Å². The van der Waals surface area contributed by atoms with Crippen LogP contribution in [0.1, 0.15) is 36.1 Å². The van der Waals surface area contributed by atoms with Gasteiger partial charge in [-0.05, 0) is 48.1 Å². The number of phenols is 1. The van der Waals surface area contributed by atoms with Gasteiger partial charge in [0, 0.05) is 55.6 Å². The Labute approximate surface area is 243 Å². The smallest absolute Gasteiger partial charge is 0.230 e. The first-order valence-corrected chi connectivity index (χ1v) is 14.5. The standard InChI is InChI=1S/C32H27NO8S/c1-11-7-14-19-23-20(15(10-35)32-27(33-5-6-42-32)26(23)29(39)30(14)40-3)18-13(9-34)8-16(37)21-22(18)24(19)25(17(11)12(2)36)31(41-4)28(21)38/h8,33-35,38H,5-7,9-10H2,1-4H3. The molecule has 0 radical (unpaired) electrons. The summed E-state index contributed by atoms with van der Waals surface area (Å²) >= 11 is 1.51. The summed E-state index contributed by atoms with van der Waals surface area (Å²) in [5, 5.41) is 39.7. The number of rotatable bonds is 5. The molecule has 0 amide bonds. The largest absolute Gasteiger partial charge is 0.504 e. The summed E-state index contributed by atoms with van der Waals surface area (Å²) in [6.07, 6.45) is 0.186. The van der Waals surface area contributed by atoms with Crippen LogP contribution in [0.3, 0.4) is 0 Å². The number of hydrogen-bond acceptors (Lipinski definition) is 10. The monoisotopic (exact) mass is 585 g/mol. The summed E-state index contributed by atoms with van der Waals surface area (Å²) in [7, 11) is 2.80. The van der Waals surface area contributed by atoms with Crippen molar-refractivity contribution >= 4 is 71.9 Å². The van der Waals surface area contributed by atoms with Gasteiger partial charge in [0.05, 0.1) is 43.9 Å². The average molecular weight is 586 g/mol. The van der Waals surface area contributed by atoms with Gasteiger partial charge in [-0.15, -0.1) is 11.8 Å². The molecule has 2 aliphatic rings. The Morgan fingerprint density at radius 2 is 1.67 bits per heavy atom. The normalized spacial score (nSPS) is 14.7. The fraction of sp³-hybridized carbons (Fsp3) is 0.281. The lowest BCUT2D eigenvalue weighted by molar-refractivity contribution is -0.111. The SMILES string of the molecule is COc1c(O)c2c(=O)cc(CO)c3c4c(CO)c5c(c6c(=O)c(OC)c7c(c(c1C(C(C)=O)=C(C)C7)c23)c64)NCCS5. The second kappa shape index (κ2) is 9.19. The van der Waals surface area contributed by atoms with Crippen LogP contribution in [0.15, 0.2) is 26.1 Å². The van der Waals surface area contributed by atoms with Crippen LogP contribution in [-0.2, 0) is 24.4 Å². The third-order valence-corrected chi connectivity index (χ3v) is 9.87. The minimum Gasteiger partial charge on any atom is -0.504 e. The highest BCUT2D eigenvalue weighted by Crippen LogP contribution is 2.56. The van der Waals surface area contributed by atoms with Gasteiger partial charge in [0.25, 0.3) is 0 Å². The van der Waals surface area contributed by atoms with Crippen LogP contribution in [0.25, 0.3) is 48.7 Å². The van der Waals surface area contributed by atoms with Crippen molar-refractivity contribution in [3.8, 4) is 17.2 Å². The molecule has 0 atom stereocenters. The maximum atomic E-state index is 14.4. The molecule has 1 aliphatic heterocycles. The van der Waals surface area contributed by atoms with Crippen molar-refractivity contribution in [2.45, 2.75) is 38.4 Å². The number of carbonyl (C=O) groups excluding carboxylic acids is 1. The van der Waals surface area contributed by atoms with E-state index in [1.807, 2.05) is 0 Å². The number of carbonyl (C=O) groups is 1. The molecule has 214 valence electrons. The highest BCUT2D eigenvalue weighted by molar-refractivity contribution is 7.99. The number of nitrogens with one attached hydrogen (secondary N) is 1. The molecule has 0 spiro atoms. The van der Waals surface area contributed by atoms with E-state index in [0.29, 0.717) is 88.4 Å². The quantitative estimate of drug-likeness (QED) is 0.176. The number of methoxy groups -OCH3 is 2. The molecule has 42 heavy (non-hydrogen) atoms. The van der Waals surface area contributed by atoms with E-state index in [0.717, 1.165) is 0 Å². The van der Waals surface area contributed by atoms with Crippen molar-refractivity contribution in [2.24, 2.45) is 0 Å². The van der Waals surface area contributed by atoms with Crippen LogP contribution in [0.2, 0.25) is 0 Å². The van der Waals surface area contributed by atoms with E-state index in [1.54, 1.807) is 6.92 Å². The van der Waals surface area contributed by atoms with Gasteiger partial charge in [0.2, 0.25) is 5.43 Å². The summed E-state index contributed by atoms with van der Waals surface area (Å²) in [5.74, 6) is 0.110. The molecule has 10 heteroatoms. The van der Waals surface area contributed by atoms with E-state index in [1.165, 1.54) is 39.0 Å². The van der Waals surface area contributed by atoms with Gasteiger partial charge < -0.3 is 30.1 Å². The topological polar surface area (TPSA) is 142 Å². The maximum absolute atomic E-state index is 14.4. The number of hydrogen-bond donors (Lipinski definition) is 4. The highest BCUT2D eigenvalue weighted by atomic mass is 32.2. The minimum atomic E-state index is -0.529. The second-order valence-corrected chi connectivity index (χ2v) is 11.9. The Balaban J connectivity index is 2.02. The number of thioether (sulfide) groups is 1. The van der Waals surface area contributed by atoms with Crippen molar-refractivity contribution in [3.63, 3.8) is 0 Å². The van der Waals surface area contributed by atoms with Crippen molar-refractivity contribution in [1.82, 2.24) is 0 Å². The molecule has 1 aliphatic carbocycles. The third kappa shape index (κ3) is 3.09. The zero-order valence-corrected chi connectivity index (χ0v) is 24.2. The van der Waals surface area contributed by atoms with Crippen LogP contribution in [-0.4, -0.2) is 47.6 Å². The molecule has 0 fully saturated rings. The minimum absolute atomic E-state index is 0.0227. The Morgan fingerprint density at radius 1 is 0.952 bits per heavy atom. The number of aliphatic hydroxyl groups excluding tert-OH is 2. The molecule has 1 heterocycles. The average Bonchev–Trinajstić information content (AvgIpc) is 3.10. The fourth-order valence-electron chi connectivity index (χ4n) is 7.32. The van der Waals surface area contributed by atoms with E-state index in [2.05, 4.69) is 5.32 Å². The maximum Gasteiger partial charge on any atom is 0.230 e. The molecule has 0 aromatic heterocycles. The van der Waals surface area contributed by atoms with Crippen LogP contribution < -0.4 is 25.6 Å². The van der Waals surface area contributed by atoms with Crippen LogP contribution in [0, 0.1) is 0 Å². The van der Waals surface area contributed by atoms with Gasteiger partial charge in [0.1, 0.15) is 0 Å². The third-order valence-electron chi connectivity index (χ3n) is 8.72. The van der Waals surface area contributed by atoms with Crippen molar-refractivity contribution < 1.29 is 29.6 Å². The Kier molecular flexibility index (Phi) is 5.85. The zero-order valence-electron chi connectivity index (χ0n) is 23.4. The number of ether oxygens (including phenoxy) is 2.